The third-order valence-corrected chi connectivity index (χ3v) is 5.19. The summed E-state index contributed by atoms with van der Waals surface area (Å²) < 4.78 is 34.5. The van der Waals surface area contributed by atoms with Crippen molar-refractivity contribution in [1.82, 2.24) is 0 Å². The molecule has 22 heavy (non-hydrogen) atoms. The van der Waals surface area contributed by atoms with Crippen molar-refractivity contribution >= 4 is 0 Å². The lowest BCUT2D eigenvalue weighted by Gasteiger charge is -2.42. The normalized spacial score (nSPS) is 38.3. The molecular weight excluding hydrogens is 266 g/mol. The van der Waals surface area contributed by atoms with Crippen LogP contribution in [0.4, 0.5) is 0 Å². The predicted molar refractivity (Wildman–Crippen MR) is 91.5 cm³/mol. The van der Waals surface area contributed by atoms with Crippen LogP contribution in [0.25, 0.3) is 0 Å². The highest BCUT2D eigenvalue weighted by atomic mass is 14.4. The number of benzene rings is 1. The van der Waals surface area contributed by atoms with Crippen LogP contribution in [0.1, 0.15) is 73.8 Å². The predicted octanol–water partition coefficient (Wildman–Crippen LogP) is 5.82. The molecule has 116 valence electrons. The monoisotopic (exact) mass is 297 g/mol. The van der Waals surface area contributed by atoms with E-state index in [-0.39, 0.29) is 11.8 Å². The largest absolute Gasteiger partial charge is 0.192 e. The van der Waals surface area contributed by atoms with E-state index in [0.29, 0.717) is 30.7 Å². The van der Waals surface area contributed by atoms with E-state index in [4.69, 9.17) is 10.7 Å². The van der Waals surface area contributed by atoms with Crippen LogP contribution in [0, 0.1) is 29.1 Å². The first-order chi connectivity index (χ1) is 12.3. The standard InChI is InChI=1S/C21H27N/c1-2-3-4-16-5-10-21-14-20(12-11-19(21)13-16)18-8-6-17(15-22)7-9-18/h2,6-9,16,19-21H,1,3-5,10-14H2/i5D2,13D2. The Labute approximate surface area is 140 Å². The van der Waals surface area contributed by atoms with Crippen molar-refractivity contribution < 1.29 is 5.48 Å². The fourth-order valence-corrected chi connectivity index (χ4v) is 3.92. The van der Waals surface area contributed by atoms with Gasteiger partial charge in [-0.25, -0.2) is 0 Å². The van der Waals surface area contributed by atoms with E-state index in [1.54, 1.807) is 6.08 Å². The summed E-state index contributed by atoms with van der Waals surface area (Å²) in [7, 11) is 0. The maximum absolute atomic E-state index is 8.96. The van der Waals surface area contributed by atoms with Gasteiger partial charge in [-0.15, -0.1) is 6.58 Å². The van der Waals surface area contributed by atoms with Crippen LogP contribution in [0.3, 0.4) is 0 Å². The van der Waals surface area contributed by atoms with Gasteiger partial charge in [-0.1, -0.05) is 24.6 Å². The summed E-state index contributed by atoms with van der Waals surface area (Å²) in [5.41, 5.74) is 1.84. The summed E-state index contributed by atoms with van der Waals surface area (Å²) in [5.74, 6) is -0.203. The molecule has 4 unspecified atom stereocenters. The van der Waals surface area contributed by atoms with Gasteiger partial charge in [-0.2, -0.15) is 5.26 Å². The Kier molecular flexibility index (Phi) is 3.59. The minimum Gasteiger partial charge on any atom is -0.192 e. The van der Waals surface area contributed by atoms with Crippen LogP contribution in [-0.4, -0.2) is 0 Å². The second-order valence-corrected chi connectivity index (χ2v) is 6.60. The van der Waals surface area contributed by atoms with Crippen LogP contribution in [0.2, 0.25) is 0 Å². The second-order valence-electron chi connectivity index (χ2n) is 6.60. The molecule has 0 aromatic heterocycles. The van der Waals surface area contributed by atoms with E-state index < -0.39 is 18.7 Å². The first kappa shape index (κ1) is 11.1. The lowest BCUT2D eigenvalue weighted by atomic mass is 9.63. The SMILES string of the molecule is [2H]C1([2H])CC2CC(c3ccc(C#N)cc3)CCC2C([2H])([2H])C1CCC=C. The number of allylic oxidation sites excluding steroid dienone is 1. The van der Waals surface area contributed by atoms with Gasteiger partial charge >= 0.3 is 0 Å². The highest BCUT2D eigenvalue weighted by molar-refractivity contribution is 5.33. The average molecular weight is 297 g/mol. The number of nitrogens with zero attached hydrogens (tertiary/aromatic N) is 1. The van der Waals surface area contributed by atoms with Gasteiger partial charge in [0.15, 0.2) is 0 Å². The molecule has 2 aliphatic carbocycles. The fourth-order valence-electron chi connectivity index (χ4n) is 3.92. The van der Waals surface area contributed by atoms with E-state index in [2.05, 4.69) is 12.6 Å². The van der Waals surface area contributed by atoms with Gasteiger partial charge in [0.25, 0.3) is 0 Å². The molecule has 0 amide bonds. The topological polar surface area (TPSA) is 23.8 Å². The van der Waals surface area contributed by atoms with Gasteiger partial charge < -0.3 is 0 Å². The number of nitriles is 1. The molecule has 3 rings (SSSR count). The molecular formula is C21H27N. The van der Waals surface area contributed by atoms with Crippen molar-refractivity contribution in [1.29, 1.82) is 5.26 Å². The molecule has 2 aliphatic rings. The number of hydrogen-bond acceptors (Lipinski definition) is 1. The maximum atomic E-state index is 8.96. The summed E-state index contributed by atoms with van der Waals surface area (Å²) in [4.78, 5) is 0. The van der Waals surface area contributed by atoms with Crippen molar-refractivity contribution in [3.8, 4) is 6.07 Å². The Morgan fingerprint density at radius 3 is 2.77 bits per heavy atom. The zero-order valence-corrected chi connectivity index (χ0v) is 13.1. The van der Waals surface area contributed by atoms with Crippen LogP contribution >= 0.6 is 0 Å². The summed E-state index contributed by atoms with van der Waals surface area (Å²) in [6, 6.07) is 9.82. The lowest BCUT2D eigenvalue weighted by Crippen LogP contribution is -2.30. The summed E-state index contributed by atoms with van der Waals surface area (Å²) in [5, 5.41) is 8.96. The molecule has 1 aromatic rings. The molecule has 2 fully saturated rings. The number of fused-ring (bicyclic) bond motifs is 1. The number of hydrogen-bond donors (Lipinski definition) is 0. The smallest absolute Gasteiger partial charge is 0.0991 e. The van der Waals surface area contributed by atoms with Crippen LogP contribution in [0.15, 0.2) is 36.9 Å². The third kappa shape index (κ3) is 3.43. The Hall–Kier alpha value is -1.55. The Balaban J connectivity index is 1.79. The quantitative estimate of drug-likeness (QED) is 0.642. The highest BCUT2D eigenvalue weighted by Crippen LogP contribution is 2.48. The summed E-state index contributed by atoms with van der Waals surface area (Å²) in [6.45, 7) is 3.71. The molecule has 0 saturated heterocycles. The Bertz CT molecular complexity index is 689. The molecule has 1 heteroatoms. The second kappa shape index (κ2) is 7.14. The van der Waals surface area contributed by atoms with Gasteiger partial charge in [0.05, 0.1) is 11.6 Å². The van der Waals surface area contributed by atoms with Crippen LogP contribution < -0.4 is 0 Å². The first-order valence-corrected chi connectivity index (χ1v) is 8.40. The van der Waals surface area contributed by atoms with Crippen molar-refractivity contribution in [2.24, 2.45) is 17.8 Å². The van der Waals surface area contributed by atoms with E-state index in [1.807, 2.05) is 24.3 Å². The molecule has 1 aromatic carbocycles. The van der Waals surface area contributed by atoms with Crippen molar-refractivity contribution in [2.75, 3.05) is 0 Å². The molecule has 4 atom stereocenters. The molecule has 2 saturated carbocycles. The summed E-state index contributed by atoms with van der Waals surface area (Å²) in [6.07, 6.45) is 3.05. The highest BCUT2D eigenvalue weighted by Gasteiger charge is 2.35. The lowest BCUT2D eigenvalue weighted by molar-refractivity contribution is 0.115. The van der Waals surface area contributed by atoms with E-state index >= 15 is 0 Å². The molecule has 0 aliphatic heterocycles. The molecule has 0 heterocycles. The van der Waals surface area contributed by atoms with Crippen molar-refractivity contribution in [2.45, 2.75) is 57.2 Å². The van der Waals surface area contributed by atoms with Crippen molar-refractivity contribution in [3.05, 3.63) is 48.0 Å². The van der Waals surface area contributed by atoms with Gasteiger partial charge in [-0.05, 0) is 86.3 Å². The third-order valence-electron chi connectivity index (χ3n) is 5.19. The van der Waals surface area contributed by atoms with Gasteiger partial charge in [0.2, 0.25) is 0 Å². The summed E-state index contributed by atoms with van der Waals surface area (Å²) >= 11 is 0. The average Bonchev–Trinajstić information content (AvgIpc) is 2.60. The fraction of sp³-hybridized carbons (Fsp3) is 0.571. The maximum Gasteiger partial charge on any atom is 0.0991 e. The van der Waals surface area contributed by atoms with E-state index in [9.17, 15) is 0 Å². The van der Waals surface area contributed by atoms with Crippen molar-refractivity contribution in [3.63, 3.8) is 0 Å². The molecule has 0 bridgehead atoms. The van der Waals surface area contributed by atoms with Crippen LogP contribution in [-0.2, 0) is 0 Å². The molecule has 1 nitrogen and oxygen atoms in total. The first-order valence-electron chi connectivity index (χ1n) is 10.4. The van der Waals surface area contributed by atoms with Gasteiger partial charge in [-0.3, -0.25) is 0 Å². The molecule has 0 radical (unpaired) electrons. The molecule has 0 N–H and O–H groups in total. The minimum absolute atomic E-state index is 0.0595. The number of rotatable bonds is 4. The Morgan fingerprint density at radius 2 is 2.05 bits per heavy atom. The molecule has 0 spiro atoms. The van der Waals surface area contributed by atoms with Gasteiger partial charge in [0, 0.05) is 5.48 Å². The van der Waals surface area contributed by atoms with E-state index in [0.717, 1.165) is 19.3 Å². The zero-order chi connectivity index (χ0) is 18.9. The Morgan fingerprint density at radius 1 is 1.23 bits per heavy atom. The zero-order valence-electron chi connectivity index (χ0n) is 17.1. The van der Waals surface area contributed by atoms with Crippen LogP contribution in [0.5, 0.6) is 0 Å². The van der Waals surface area contributed by atoms with E-state index in [1.165, 1.54) is 5.56 Å². The van der Waals surface area contributed by atoms with Gasteiger partial charge in [0.1, 0.15) is 0 Å². The minimum atomic E-state index is -1.47.